The number of carbonyl (C=O) groups excluding carboxylic acids is 1. The predicted octanol–water partition coefficient (Wildman–Crippen LogP) is 6.27. The molecule has 1 saturated heterocycles. The summed E-state index contributed by atoms with van der Waals surface area (Å²) in [5.74, 6) is 3.05. The number of piperazine rings is 1. The van der Waals surface area contributed by atoms with E-state index in [4.69, 9.17) is 9.47 Å². The molecule has 3 N–H and O–H groups in total. The fraction of sp³-hybridized carbons (Fsp3) is 0.278. The normalized spacial score (nSPS) is 13.3. The third kappa shape index (κ3) is 8.65. The average Bonchev–Trinajstić information content (AvgIpc) is 3.11. The first-order valence-corrected chi connectivity index (χ1v) is 15.9. The molecule has 5 aromatic rings. The van der Waals surface area contributed by atoms with E-state index >= 15 is 0 Å². The largest absolute Gasteiger partial charge is 0.493 e. The Hall–Kier alpha value is -5.42. The molecule has 2 aromatic heterocycles. The summed E-state index contributed by atoms with van der Waals surface area (Å²) in [6, 6.07) is 26.6. The first kappa shape index (κ1) is 31.6. The van der Waals surface area contributed by atoms with Gasteiger partial charge in [0.15, 0.2) is 11.5 Å². The molecule has 0 saturated carbocycles. The highest BCUT2D eigenvalue weighted by Gasteiger charge is 2.17. The predicted molar refractivity (Wildman–Crippen MR) is 187 cm³/mol. The smallest absolute Gasteiger partial charge is 0.323 e. The molecule has 1 aliphatic heterocycles. The van der Waals surface area contributed by atoms with Crippen LogP contribution in [0.3, 0.4) is 0 Å². The highest BCUT2D eigenvalue weighted by molar-refractivity contribution is 5.99. The van der Waals surface area contributed by atoms with Crippen LogP contribution < -0.4 is 30.3 Å². The monoisotopic (exact) mass is 632 g/mol. The van der Waals surface area contributed by atoms with Gasteiger partial charge < -0.3 is 30.3 Å². The van der Waals surface area contributed by atoms with Crippen molar-refractivity contribution in [3.63, 3.8) is 0 Å². The number of fused-ring (bicyclic) bond motifs is 1. The van der Waals surface area contributed by atoms with Gasteiger partial charge in [-0.25, -0.2) is 19.7 Å². The van der Waals surface area contributed by atoms with Gasteiger partial charge in [-0.1, -0.05) is 36.4 Å². The van der Waals surface area contributed by atoms with Crippen LogP contribution in [-0.2, 0) is 6.54 Å². The van der Waals surface area contributed by atoms with E-state index in [1.165, 1.54) is 6.33 Å². The Balaban J connectivity index is 1.01. The molecule has 2 amide bonds. The summed E-state index contributed by atoms with van der Waals surface area (Å²) >= 11 is 0. The SMILES string of the molecule is COc1cc2ncnc(NCc3cccc(NC(=O)Nc4ccccc4)c3)c2cc1OCCCCN1CCN(c2ccccn2)CC1. The van der Waals surface area contributed by atoms with Crippen molar-refractivity contribution in [1.29, 1.82) is 0 Å². The number of unbranched alkanes of at least 4 members (excludes halogenated alkanes) is 1. The minimum absolute atomic E-state index is 0.302. The van der Waals surface area contributed by atoms with E-state index in [9.17, 15) is 4.79 Å². The van der Waals surface area contributed by atoms with E-state index in [1.54, 1.807) is 7.11 Å². The highest BCUT2D eigenvalue weighted by atomic mass is 16.5. The van der Waals surface area contributed by atoms with Gasteiger partial charge in [-0.3, -0.25) is 4.90 Å². The lowest BCUT2D eigenvalue weighted by atomic mass is 10.1. The molecule has 3 aromatic carbocycles. The van der Waals surface area contributed by atoms with Crippen LogP contribution in [-0.4, -0.2) is 72.3 Å². The van der Waals surface area contributed by atoms with Crippen molar-refractivity contribution in [1.82, 2.24) is 19.9 Å². The number of pyridine rings is 1. The van der Waals surface area contributed by atoms with Gasteiger partial charge in [0.25, 0.3) is 0 Å². The topological polar surface area (TPSA) is 117 Å². The number of rotatable bonds is 13. The van der Waals surface area contributed by atoms with E-state index in [-0.39, 0.29) is 6.03 Å². The molecule has 0 aliphatic carbocycles. The number of carbonyl (C=O) groups is 1. The molecule has 0 unspecified atom stereocenters. The highest BCUT2D eigenvalue weighted by Crippen LogP contribution is 2.34. The van der Waals surface area contributed by atoms with Gasteiger partial charge in [0.1, 0.15) is 18.0 Å². The Labute approximate surface area is 275 Å². The number of nitrogens with one attached hydrogen (secondary N) is 3. The number of anilines is 4. The molecule has 3 heterocycles. The van der Waals surface area contributed by atoms with E-state index in [1.807, 2.05) is 85.1 Å². The van der Waals surface area contributed by atoms with Crippen LogP contribution >= 0.6 is 0 Å². The lowest BCUT2D eigenvalue weighted by Crippen LogP contribution is -2.46. The molecule has 1 aliphatic rings. The second-order valence-electron chi connectivity index (χ2n) is 11.3. The quantitative estimate of drug-likeness (QED) is 0.129. The maximum absolute atomic E-state index is 12.5. The first-order valence-electron chi connectivity index (χ1n) is 15.9. The van der Waals surface area contributed by atoms with Crippen LogP contribution in [0.15, 0.2) is 97.5 Å². The molecule has 6 rings (SSSR count). The fourth-order valence-electron chi connectivity index (χ4n) is 5.60. The lowest BCUT2D eigenvalue weighted by molar-refractivity contribution is 0.235. The minimum Gasteiger partial charge on any atom is -0.493 e. The number of benzene rings is 3. The van der Waals surface area contributed by atoms with Crippen molar-refractivity contribution in [2.45, 2.75) is 19.4 Å². The summed E-state index contributed by atoms with van der Waals surface area (Å²) in [5, 5.41) is 9.99. The molecule has 11 nitrogen and oxygen atoms in total. The van der Waals surface area contributed by atoms with Crippen LogP contribution in [0.1, 0.15) is 18.4 Å². The number of para-hydroxylation sites is 1. The zero-order valence-electron chi connectivity index (χ0n) is 26.6. The van der Waals surface area contributed by atoms with Crippen LogP contribution in [0.4, 0.5) is 27.8 Å². The van der Waals surface area contributed by atoms with Gasteiger partial charge in [0.05, 0.1) is 19.2 Å². The Morgan fingerprint density at radius 1 is 0.809 bits per heavy atom. The summed E-state index contributed by atoms with van der Waals surface area (Å²) in [4.78, 5) is 30.8. The molecule has 0 bridgehead atoms. The van der Waals surface area contributed by atoms with Gasteiger partial charge in [-0.05, 0) is 67.4 Å². The maximum atomic E-state index is 12.5. The third-order valence-corrected chi connectivity index (χ3v) is 8.07. The van der Waals surface area contributed by atoms with Crippen LogP contribution in [0.5, 0.6) is 11.5 Å². The molecule has 47 heavy (non-hydrogen) atoms. The summed E-state index contributed by atoms with van der Waals surface area (Å²) in [6.45, 7) is 6.20. The molecule has 1 fully saturated rings. The fourth-order valence-corrected chi connectivity index (χ4v) is 5.60. The van der Waals surface area contributed by atoms with Gasteiger partial charge in [0.2, 0.25) is 0 Å². The van der Waals surface area contributed by atoms with Gasteiger partial charge in [-0.15, -0.1) is 0 Å². The number of hydrogen-bond acceptors (Lipinski definition) is 9. The molecule has 0 spiro atoms. The molecular weight excluding hydrogens is 592 g/mol. The number of nitrogens with zero attached hydrogens (tertiary/aromatic N) is 5. The maximum Gasteiger partial charge on any atom is 0.323 e. The number of aromatic nitrogens is 3. The zero-order valence-corrected chi connectivity index (χ0v) is 26.6. The van der Waals surface area contributed by atoms with Gasteiger partial charge in [-0.2, -0.15) is 0 Å². The van der Waals surface area contributed by atoms with Crippen molar-refractivity contribution < 1.29 is 14.3 Å². The van der Waals surface area contributed by atoms with Crippen LogP contribution in [0.2, 0.25) is 0 Å². The number of amides is 2. The van der Waals surface area contributed by atoms with Gasteiger partial charge in [0, 0.05) is 61.7 Å². The van der Waals surface area contributed by atoms with Gasteiger partial charge >= 0.3 is 6.03 Å². The average molecular weight is 633 g/mol. The Morgan fingerprint density at radius 2 is 1.62 bits per heavy atom. The summed E-state index contributed by atoms with van der Waals surface area (Å²) in [7, 11) is 1.64. The molecule has 0 radical (unpaired) electrons. The molecule has 242 valence electrons. The second kappa shape index (κ2) is 15.7. The lowest BCUT2D eigenvalue weighted by Gasteiger charge is -2.35. The minimum atomic E-state index is -0.302. The summed E-state index contributed by atoms with van der Waals surface area (Å²) < 4.78 is 11.9. The van der Waals surface area contributed by atoms with E-state index in [0.717, 1.165) is 73.5 Å². The standard InChI is InChI=1S/C36H40N8O3/c1-46-32-24-31-30(23-33(32)47-21-8-7-16-43-17-19-44(20-18-43)34-14-5-6-15-37-34)35(40-26-39-31)38-25-27-10-9-13-29(22-27)42-36(45)41-28-11-3-2-4-12-28/h2-6,9-15,22-24,26H,7-8,16-21,25H2,1H3,(H,38,39,40)(H2,41,42,45). The van der Waals surface area contributed by atoms with Crippen molar-refractivity contribution in [3.05, 3.63) is 103 Å². The first-order chi connectivity index (χ1) is 23.1. The Kier molecular flexibility index (Phi) is 10.6. The number of methoxy groups -OCH3 is 1. The summed E-state index contributed by atoms with van der Waals surface area (Å²) in [5.41, 5.74) is 3.16. The second-order valence-corrected chi connectivity index (χ2v) is 11.3. The van der Waals surface area contributed by atoms with Crippen molar-refractivity contribution in [3.8, 4) is 11.5 Å². The Bertz CT molecular complexity index is 1750. The molecular formula is C36H40N8O3. The van der Waals surface area contributed by atoms with E-state index < -0.39 is 0 Å². The zero-order chi connectivity index (χ0) is 32.3. The van der Waals surface area contributed by atoms with Crippen LogP contribution in [0, 0.1) is 0 Å². The van der Waals surface area contributed by atoms with E-state index in [2.05, 4.69) is 46.8 Å². The van der Waals surface area contributed by atoms with Crippen molar-refractivity contribution in [2.75, 3.05) is 67.3 Å². The van der Waals surface area contributed by atoms with E-state index in [0.29, 0.717) is 36.2 Å². The number of ether oxygens (including phenoxy) is 2. The van der Waals surface area contributed by atoms with Crippen molar-refractivity contribution >= 4 is 39.9 Å². The summed E-state index contributed by atoms with van der Waals surface area (Å²) in [6.07, 6.45) is 5.38. The van der Waals surface area contributed by atoms with Crippen LogP contribution in [0.25, 0.3) is 10.9 Å². The number of urea groups is 1. The third-order valence-electron chi connectivity index (χ3n) is 8.07. The number of hydrogen-bond donors (Lipinski definition) is 3. The van der Waals surface area contributed by atoms with Crippen molar-refractivity contribution in [2.24, 2.45) is 0 Å². The molecule has 11 heteroatoms. The Morgan fingerprint density at radius 3 is 2.43 bits per heavy atom. The molecule has 0 atom stereocenters.